The lowest BCUT2D eigenvalue weighted by atomic mass is 9.92. The maximum atomic E-state index is 13.1. The molecule has 1 aromatic carbocycles. The molecule has 7 heteroatoms. The average Bonchev–Trinajstić information content (AvgIpc) is 3.32. The molecule has 2 amide bonds. The minimum atomic E-state index is -0.117. The van der Waals surface area contributed by atoms with Gasteiger partial charge in [-0.25, -0.2) is 4.98 Å². The molecular formula is C23H29N3O3S. The second-order valence-corrected chi connectivity index (χ2v) is 8.95. The Hall–Kier alpha value is -2.41. The summed E-state index contributed by atoms with van der Waals surface area (Å²) in [5.74, 6) is 0.607. The standard InChI is InChI=1S/C23H29N3O3S/c27-22(25-19-8-2-1-3-9-19)18-7-5-11-26(13-18)23(28)17-6-4-10-21(12-17)29-14-20-15-30-16-24-20/h4,6,10,12,15-16,18-19H,1-3,5,7-9,11,13-14H2,(H,25,27). The van der Waals surface area contributed by atoms with Crippen LogP contribution in [0.15, 0.2) is 35.2 Å². The number of amides is 2. The Bertz CT molecular complexity index is 849. The molecule has 1 aromatic heterocycles. The Morgan fingerprint density at radius 2 is 2.03 bits per heavy atom. The Morgan fingerprint density at radius 1 is 1.17 bits per heavy atom. The van der Waals surface area contributed by atoms with Gasteiger partial charge in [0.1, 0.15) is 12.4 Å². The number of nitrogens with zero attached hydrogens (tertiary/aromatic N) is 2. The largest absolute Gasteiger partial charge is 0.487 e. The lowest BCUT2D eigenvalue weighted by Gasteiger charge is -2.33. The van der Waals surface area contributed by atoms with Crippen LogP contribution in [0.5, 0.6) is 5.75 Å². The molecule has 0 bridgehead atoms. The molecule has 0 radical (unpaired) electrons. The van der Waals surface area contributed by atoms with Gasteiger partial charge in [0.15, 0.2) is 0 Å². The number of hydrogen-bond donors (Lipinski definition) is 1. The summed E-state index contributed by atoms with van der Waals surface area (Å²) in [7, 11) is 0. The molecule has 1 aliphatic carbocycles. The third kappa shape index (κ3) is 5.39. The van der Waals surface area contributed by atoms with E-state index >= 15 is 0 Å². The maximum absolute atomic E-state index is 13.1. The van der Waals surface area contributed by atoms with Crippen molar-refractivity contribution in [2.24, 2.45) is 5.92 Å². The Morgan fingerprint density at radius 3 is 2.83 bits per heavy atom. The Labute approximate surface area is 181 Å². The first-order chi connectivity index (χ1) is 14.7. The van der Waals surface area contributed by atoms with Gasteiger partial charge in [0.2, 0.25) is 5.91 Å². The number of likely N-dealkylation sites (tertiary alicyclic amines) is 1. The van der Waals surface area contributed by atoms with Gasteiger partial charge in [-0.3, -0.25) is 9.59 Å². The first-order valence-electron chi connectivity index (χ1n) is 10.9. The quantitative estimate of drug-likeness (QED) is 0.756. The number of carbonyl (C=O) groups is 2. The van der Waals surface area contributed by atoms with Gasteiger partial charge < -0.3 is 15.0 Å². The van der Waals surface area contributed by atoms with E-state index in [2.05, 4.69) is 10.3 Å². The summed E-state index contributed by atoms with van der Waals surface area (Å²) < 4.78 is 5.78. The highest BCUT2D eigenvalue weighted by atomic mass is 32.1. The van der Waals surface area contributed by atoms with E-state index < -0.39 is 0 Å². The van der Waals surface area contributed by atoms with Crippen LogP contribution in [0.2, 0.25) is 0 Å². The van der Waals surface area contributed by atoms with Crippen molar-refractivity contribution in [2.45, 2.75) is 57.6 Å². The molecule has 1 saturated carbocycles. The van der Waals surface area contributed by atoms with Crippen LogP contribution >= 0.6 is 11.3 Å². The van der Waals surface area contributed by atoms with Crippen LogP contribution in [0.1, 0.15) is 61.0 Å². The highest BCUT2D eigenvalue weighted by Crippen LogP contribution is 2.23. The van der Waals surface area contributed by atoms with Crippen LogP contribution in [0, 0.1) is 5.92 Å². The van der Waals surface area contributed by atoms with Crippen LogP contribution in [0.4, 0.5) is 0 Å². The molecule has 6 nitrogen and oxygen atoms in total. The minimum absolute atomic E-state index is 0.0377. The highest BCUT2D eigenvalue weighted by Gasteiger charge is 2.30. The van der Waals surface area contributed by atoms with Crippen LogP contribution in [0.25, 0.3) is 0 Å². The monoisotopic (exact) mass is 427 g/mol. The first kappa shape index (κ1) is 20.8. The van der Waals surface area contributed by atoms with Crippen molar-refractivity contribution in [2.75, 3.05) is 13.1 Å². The zero-order chi connectivity index (χ0) is 20.8. The van der Waals surface area contributed by atoms with Crippen LogP contribution in [-0.2, 0) is 11.4 Å². The minimum Gasteiger partial charge on any atom is -0.487 e. The van der Waals surface area contributed by atoms with Crippen molar-refractivity contribution in [3.63, 3.8) is 0 Å². The fourth-order valence-electron chi connectivity index (χ4n) is 4.31. The predicted octanol–water partition coefficient (Wildman–Crippen LogP) is 4.02. The summed E-state index contributed by atoms with van der Waals surface area (Å²) in [6.45, 7) is 1.56. The fraction of sp³-hybridized carbons (Fsp3) is 0.522. The van der Waals surface area contributed by atoms with Gasteiger partial charge in [0, 0.05) is 30.1 Å². The SMILES string of the molecule is O=C(NC1CCCCC1)C1CCCN(C(=O)c2cccc(OCc3cscn3)c2)C1. The van der Waals surface area contributed by atoms with Crippen molar-refractivity contribution in [3.05, 3.63) is 46.4 Å². The summed E-state index contributed by atoms with van der Waals surface area (Å²) in [4.78, 5) is 31.8. The van der Waals surface area contributed by atoms with E-state index in [0.29, 0.717) is 37.1 Å². The Kier molecular flexibility index (Phi) is 7.00. The van der Waals surface area contributed by atoms with E-state index in [1.54, 1.807) is 11.6 Å². The number of benzene rings is 1. The molecule has 2 heterocycles. The van der Waals surface area contributed by atoms with E-state index in [-0.39, 0.29) is 17.7 Å². The average molecular weight is 428 g/mol. The zero-order valence-corrected chi connectivity index (χ0v) is 18.0. The summed E-state index contributed by atoms with van der Waals surface area (Å²) in [6, 6.07) is 7.58. The lowest BCUT2D eigenvalue weighted by molar-refractivity contribution is -0.127. The topological polar surface area (TPSA) is 71.5 Å². The molecule has 2 aromatic rings. The molecule has 1 unspecified atom stereocenters. The van der Waals surface area contributed by atoms with Gasteiger partial charge in [0.25, 0.3) is 5.91 Å². The molecule has 2 fully saturated rings. The predicted molar refractivity (Wildman–Crippen MR) is 117 cm³/mol. The van der Waals surface area contributed by atoms with E-state index in [0.717, 1.165) is 31.4 Å². The van der Waals surface area contributed by atoms with Crippen LogP contribution < -0.4 is 10.1 Å². The number of ether oxygens (including phenoxy) is 1. The van der Waals surface area contributed by atoms with Gasteiger partial charge in [-0.15, -0.1) is 11.3 Å². The lowest BCUT2D eigenvalue weighted by Crippen LogP contribution is -2.47. The third-order valence-corrected chi connectivity index (χ3v) is 6.62. The van der Waals surface area contributed by atoms with E-state index in [4.69, 9.17) is 4.74 Å². The number of aromatic nitrogens is 1. The van der Waals surface area contributed by atoms with E-state index in [9.17, 15) is 9.59 Å². The van der Waals surface area contributed by atoms with Gasteiger partial charge in [0.05, 0.1) is 17.1 Å². The van der Waals surface area contributed by atoms with E-state index in [1.807, 2.05) is 28.5 Å². The number of carbonyl (C=O) groups excluding carboxylic acids is 2. The highest BCUT2D eigenvalue weighted by molar-refractivity contribution is 7.07. The number of rotatable bonds is 6. The number of piperidine rings is 1. The van der Waals surface area contributed by atoms with Gasteiger partial charge in [-0.1, -0.05) is 25.3 Å². The van der Waals surface area contributed by atoms with Gasteiger partial charge in [-0.2, -0.15) is 0 Å². The van der Waals surface area contributed by atoms with Gasteiger partial charge in [-0.05, 0) is 43.9 Å². The smallest absolute Gasteiger partial charge is 0.254 e. The van der Waals surface area contributed by atoms with Crippen LogP contribution in [0.3, 0.4) is 0 Å². The molecule has 0 spiro atoms. The third-order valence-electron chi connectivity index (χ3n) is 5.98. The van der Waals surface area contributed by atoms with Crippen molar-refractivity contribution >= 4 is 23.2 Å². The Balaban J connectivity index is 1.34. The molecule has 30 heavy (non-hydrogen) atoms. The molecule has 4 rings (SSSR count). The molecule has 1 aliphatic heterocycles. The summed E-state index contributed by atoms with van der Waals surface area (Å²) in [5.41, 5.74) is 3.24. The molecule has 160 valence electrons. The molecular weight excluding hydrogens is 398 g/mol. The second-order valence-electron chi connectivity index (χ2n) is 8.23. The summed E-state index contributed by atoms with van der Waals surface area (Å²) in [6.07, 6.45) is 7.52. The van der Waals surface area contributed by atoms with Gasteiger partial charge >= 0.3 is 0 Å². The van der Waals surface area contributed by atoms with Crippen LogP contribution in [-0.4, -0.2) is 40.8 Å². The van der Waals surface area contributed by atoms with E-state index in [1.165, 1.54) is 30.6 Å². The summed E-state index contributed by atoms with van der Waals surface area (Å²) in [5, 5.41) is 5.17. The zero-order valence-electron chi connectivity index (χ0n) is 17.2. The first-order valence-corrected chi connectivity index (χ1v) is 11.8. The second kappa shape index (κ2) is 10.1. The number of thiazole rings is 1. The van der Waals surface area contributed by atoms with Crippen molar-refractivity contribution in [3.8, 4) is 5.75 Å². The molecule has 1 saturated heterocycles. The van der Waals surface area contributed by atoms with Crippen molar-refractivity contribution in [1.29, 1.82) is 0 Å². The van der Waals surface area contributed by atoms with Crippen molar-refractivity contribution in [1.82, 2.24) is 15.2 Å². The number of nitrogens with one attached hydrogen (secondary N) is 1. The van der Waals surface area contributed by atoms with Crippen molar-refractivity contribution < 1.29 is 14.3 Å². The molecule has 2 aliphatic rings. The molecule has 1 atom stereocenters. The fourth-order valence-corrected chi connectivity index (χ4v) is 4.85. The maximum Gasteiger partial charge on any atom is 0.254 e. The molecule has 1 N–H and O–H groups in total. The number of hydrogen-bond acceptors (Lipinski definition) is 5. The summed E-state index contributed by atoms with van der Waals surface area (Å²) >= 11 is 1.53. The normalized spacial score (nSPS) is 20.0.